The minimum Gasteiger partial charge on any atom is -0.490 e. The van der Waals surface area contributed by atoms with Crippen LogP contribution in [0.3, 0.4) is 0 Å². The highest BCUT2D eigenvalue weighted by Gasteiger charge is 2.35. The first-order chi connectivity index (χ1) is 15.2. The SMILES string of the molecule is O=C(C1CC1)N1CCC(Oc2ccc(-c3ccc(Oc4ccccc4)nc3)cc2)CC1. The summed E-state index contributed by atoms with van der Waals surface area (Å²) in [5.41, 5.74) is 2.11. The van der Waals surface area contributed by atoms with E-state index in [2.05, 4.69) is 17.1 Å². The van der Waals surface area contributed by atoms with Gasteiger partial charge in [0.15, 0.2) is 0 Å². The van der Waals surface area contributed by atoms with Gasteiger partial charge < -0.3 is 14.4 Å². The molecule has 5 rings (SSSR count). The Balaban J connectivity index is 1.15. The van der Waals surface area contributed by atoms with Gasteiger partial charge in [0, 0.05) is 49.7 Å². The molecule has 0 spiro atoms. The summed E-state index contributed by atoms with van der Waals surface area (Å²) in [6, 6.07) is 21.6. The Labute approximate surface area is 182 Å². The predicted octanol–water partition coefficient (Wildman–Crippen LogP) is 5.32. The molecule has 1 aliphatic carbocycles. The predicted molar refractivity (Wildman–Crippen MR) is 119 cm³/mol. The van der Waals surface area contributed by atoms with Crippen molar-refractivity contribution in [2.24, 2.45) is 5.92 Å². The molecule has 2 heterocycles. The zero-order valence-electron chi connectivity index (χ0n) is 17.4. The Morgan fingerprint density at radius 3 is 2.16 bits per heavy atom. The lowest BCUT2D eigenvalue weighted by molar-refractivity contribution is -0.134. The van der Waals surface area contributed by atoms with Crippen LogP contribution >= 0.6 is 0 Å². The Morgan fingerprint density at radius 2 is 1.52 bits per heavy atom. The third kappa shape index (κ3) is 4.88. The number of para-hydroxylation sites is 1. The fraction of sp³-hybridized carbons (Fsp3) is 0.308. The van der Waals surface area contributed by atoms with Crippen LogP contribution in [0.5, 0.6) is 17.4 Å². The normalized spacial score (nSPS) is 16.7. The van der Waals surface area contributed by atoms with Crippen molar-refractivity contribution in [1.29, 1.82) is 0 Å². The van der Waals surface area contributed by atoms with Gasteiger partial charge in [0.25, 0.3) is 0 Å². The number of rotatable bonds is 6. The molecule has 1 amide bonds. The van der Waals surface area contributed by atoms with Crippen LogP contribution in [-0.2, 0) is 4.79 Å². The molecule has 1 saturated carbocycles. The average Bonchev–Trinajstić information content (AvgIpc) is 3.67. The van der Waals surface area contributed by atoms with Crippen molar-refractivity contribution >= 4 is 5.91 Å². The number of benzene rings is 2. The molecule has 5 heteroatoms. The minimum absolute atomic E-state index is 0.171. The smallest absolute Gasteiger partial charge is 0.225 e. The van der Waals surface area contributed by atoms with E-state index in [-0.39, 0.29) is 6.10 Å². The fourth-order valence-electron chi connectivity index (χ4n) is 3.92. The van der Waals surface area contributed by atoms with Crippen molar-refractivity contribution < 1.29 is 14.3 Å². The first-order valence-electron chi connectivity index (χ1n) is 11.0. The molecule has 1 aromatic heterocycles. The van der Waals surface area contributed by atoms with Gasteiger partial charge in [-0.2, -0.15) is 0 Å². The molecule has 1 saturated heterocycles. The zero-order valence-corrected chi connectivity index (χ0v) is 17.4. The highest BCUT2D eigenvalue weighted by molar-refractivity contribution is 5.81. The van der Waals surface area contributed by atoms with Crippen molar-refractivity contribution in [3.8, 4) is 28.5 Å². The molecule has 0 atom stereocenters. The number of aromatic nitrogens is 1. The van der Waals surface area contributed by atoms with Crippen LogP contribution in [0.15, 0.2) is 72.9 Å². The lowest BCUT2D eigenvalue weighted by atomic mass is 10.1. The maximum Gasteiger partial charge on any atom is 0.225 e. The number of hydrogen-bond donors (Lipinski definition) is 0. The largest absolute Gasteiger partial charge is 0.490 e. The third-order valence-corrected chi connectivity index (χ3v) is 5.87. The molecule has 1 aliphatic heterocycles. The van der Waals surface area contributed by atoms with Crippen LogP contribution in [0, 0.1) is 5.92 Å². The van der Waals surface area contributed by atoms with E-state index in [9.17, 15) is 4.79 Å². The Hall–Kier alpha value is -3.34. The number of amides is 1. The number of carbonyl (C=O) groups excluding carboxylic acids is 1. The highest BCUT2D eigenvalue weighted by atomic mass is 16.5. The molecular weight excluding hydrogens is 388 g/mol. The van der Waals surface area contributed by atoms with Crippen LogP contribution in [0.25, 0.3) is 11.1 Å². The lowest BCUT2D eigenvalue weighted by Gasteiger charge is -2.32. The van der Waals surface area contributed by atoms with Crippen molar-refractivity contribution in [2.75, 3.05) is 13.1 Å². The fourth-order valence-corrected chi connectivity index (χ4v) is 3.92. The van der Waals surface area contributed by atoms with Gasteiger partial charge in [0.05, 0.1) is 0 Å². The Bertz CT molecular complexity index is 1010. The molecule has 158 valence electrons. The molecule has 0 N–H and O–H groups in total. The standard InChI is InChI=1S/C26H26N2O3/c29-26(20-6-7-20)28-16-14-24(15-17-28)30-23-11-8-19(9-12-23)21-10-13-25(27-18-21)31-22-4-2-1-3-5-22/h1-5,8-13,18,20,24H,6-7,14-17H2. The quantitative estimate of drug-likeness (QED) is 0.548. The second-order valence-electron chi connectivity index (χ2n) is 8.24. The van der Waals surface area contributed by atoms with Gasteiger partial charge in [-0.3, -0.25) is 4.79 Å². The summed E-state index contributed by atoms with van der Waals surface area (Å²) < 4.78 is 11.9. The number of carbonyl (C=O) groups is 1. The number of piperidine rings is 1. The Kier molecular flexibility index (Phi) is 5.57. The lowest BCUT2D eigenvalue weighted by Crippen LogP contribution is -2.42. The van der Waals surface area contributed by atoms with Crippen molar-refractivity contribution in [3.63, 3.8) is 0 Å². The molecule has 3 aromatic rings. The number of pyridine rings is 1. The molecule has 2 aliphatic rings. The summed E-state index contributed by atoms with van der Waals surface area (Å²) in [6.45, 7) is 1.61. The molecule has 31 heavy (non-hydrogen) atoms. The van der Waals surface area contributed by atoms with E-state index in [1.807, 2.05) is 65.7 Å². The molecule has 0 unspecified atom stereocenters. The third-order valence-electron chi connectivity index (χ3n) is 5.87. The van der Waals surface area contributed by atoms with E-state index in [1.54, 1.807) is 0 Å². The first-order valence-corrected chi connectivity index (χ1v) is 11.0. The van der Waals surface area contributed by atoms with Gasteiger partial charge in [-0.1, -0.05) is 30.3 Å². The van der Waals surface area contributed by atoms with Crippen LogP contribution < -0.4 is 9.47 Å². The van der Waals surface area contributed by atoms with Crippen LogP contribution in [0.4, 0.5) is 0 Å². The molecule has 5 nitrogen and oxygen atoms in total. The minimum atomic E-state index is 0.171. The van der Waals surface area contributed by atoms with E-state index >= 15 is 0 Å². The number of hydrogen-bond acceptors (Lipinski definition) is 4. The van der Waals surface area contributed by atoms with Crippen molar-refractivity contribution in [2.45, 2.75) is 31.8 Å². The first kappa shape index (κ1) is 19.6. The van der Waals surface area contributed by atoms with Gasteiger partial charge in [-0.25, -0.2) is 4.98 Å². The zero-order chi connectivity index (χ0) is 21.0. The molecule has 2 fully saturated rings. The van der Waals surface area contributed by atoms with E-state index < -0.39 is 0 Å². The van der Waals surface area contributed by atoms with Crippen LogP contribution in [0.2, 0.25) is 0 Å². The second kappa shape index (κ2) is 8.80. The summed E-state index contributed by atoms with van der Waals surface area (Å²) in [4.78, 5) is 18.6. The summed E-state index contributed by atoms with van der Waals surface area (Å²) in [6.07, 6.45) is 5.92. The highest BCUT2D eigenvalue weighted by Crippen LogP contribution is 2.32. The van der Waals surface area contributed by atoms with E-state index in [1.165, 1.54) is 0 Å². The molecule has 0 bridgehead atoms. The summed E-state index contributed by atoms with van der Waals surface area (Å²) >= 11 is 0. The second-order valence-corrected chi connectivity index (χ2v) is 8.24. The van der Waals surface area contributed by atoms with Crippen LogP contribution in [0.1, 0.15) is 25.7 Å². The maximum absolute atomic E-state index is 12.2. The van der Waals surface area contributed by atoms with Gasteiger partial charge in [0.1, 0.15) is 17.6 Å². The number of likely N-dealkylation sites (tertiary alicyclic amines) is 1. The van der Waals surface area contributed by atoms with E-state index in [0.29, 0.717) is 17.7 Å². The number of nitrogens with zero attached hydrogens (tertiary/aromatic N) is 2. The van der Waals surface area contributed by atoms with Crippen LogP contribution in [-0.4, -0.2) is 35.0 Å². The summed E-state index contributed by atoms with van der Waals surface area (Å²) in [5, 5.41) is 0. The monoisotopic (exact) mass is 414 g/mol. The maximum atomic E-state index is 12.2. The number of ether oxygens (including phenoxy) is 2. The van der Waals surface area contributed by atoms with Crippen molar-refractivity contribution in [3.05, 3.63) is 72.9 Å². The van der Waals surface area contributed by atoms with Gasteiger partial charge in [-0.05, 0) is 48.7 Å². The molecular formula is C26H26N2O3. The molecule has 0 radical (unpaired) electrons. The average molecular weight is 415 g/mol. The van der Waals surface area contributed by atoms with E-state index in [0.717, 1.165) is 61.4 Å². The molecule has 2 aromatic carbocycles. The summed E-state index contributed by atoms with van der Waals surface area (Å²) in [7, 11) is 0. The van der Waals surface area contributed by atoms with E-state index in [4.69, 9.17) is 9.47 Å². The van der Waals surface area contributed by atoms with Gasteiger partial charge >= 0.3 is 0 Å². The summed E-state index contributed by atoms with van der Waals surface area (Å²) in [5.74, 6) is 2.86. The Morgan fingerprint density at radius 1 is 0.806 bits per heavy atom. The van der Waals surface area contributed by atoms with Gasteiger partial charge in [0.2, 0.25) is 11.8 Å². The van der Waals surface area contributed by atoms with Crippen molar-refractivity contribution in [1.82, 2.24) is 9.88 Å². The topological polar surface area (TPSA) is 51.7 Å². The van der Waals surface area contributed by atoms with Gasteiger partial charge in [-0.15, -0.1) is 0 Å².